The van der Waals surface area contributed by atoms with Crippen LogP contribution in [0.1, 0.15) is 11.1 Å². The molecule has 0 aliphatic rings. The van der Waals surface area contributed by atoms with Gasteiger partial charge in [-0.05, 0) is 30.3 Å². The minimum Gasteiger partial charge on any atom is -0.497 e. The maximum absolute atomic E-state index is 12.0. The third-order valence-corrected chi connectivity index (χ3v) is 4.74. The van der Waals surface area contributed by atoms with E-state index < -0.39 is 0 Å². The second kappa shape index (κ2) is 10.8. The fourth-order valence-corrected chi connectivity index (χ4v) is 3.25. The second-order valence-corrected chi connectivity index (χ2v) is 7.01. The molecule has 0 saturated heterocycles. The first-order valence-electron chi connectivity index (χ1n) is 8.37. The van der Waals surface area contributed by atoms with Crippen LogP contribution in [0.4, 0.5) is 0 Å². The number of amides is 1. The molecule has 2 aromatic rings. The normalized spacial score (nSPS) is 10.7. The summed E-state index contributed by atoms with van der Waals surface area (Å²) in [4.78, 5) is 14.0. The molecule has 134 valence electrons. The second-order valence-electron chi connectivity index (χ2n) is 5.91. The SMILES string of the molecule is COc1ccc(CN(C)CC(=O)NCCSCc2ccccc2)cc1. The van der Waals surface area contributed by atoms with Gasteiger partial charge in [-0.3, -0.25) is 9.69 Å². The average molecular weight is 359 g/mol. The summed E-state index contributed by atoms with van der Waals surface area (Å²) in [5, 5.41) is 2.98. The first kappa shape index (κ1) is 19.3. The van der Waals surface area contributed by atoms with E-state index in [-0.39, 0.29) is 5.91 Å². The molecule has 4 nitrogen and oxygen atoms in total. The number of hydrogen-bond donors (Lipinski definition) is 1. The Kier molecular flexibility index (Phi) is 8.35. The number of carbonyl (C=O) groups excluding carboxylic acids is 1. The first-order valence-corrected chi connectivity index (χ1v) is 9.52. The fraction of sp³-hybridized carbons (Fsp3) is 0.350. The molecule has 1 N–H and O–H groups in total. The molecular weight excluding hydrogens is 332 g/mol. The highest BCUT2D eigenvalue weighted by Crippen LogP contribution is 2.12. The van der Waals surface area contributed by atoms with E-state index in [1.165, 1.54) is 5.56 Å². The standard InChI is InChI=1S/C20H26N2O2S/c1-22(14-17-8-10-19(24-2)11-9-17)15-20(23)21-12-13-25-16-18-6-4-3-5-7-18/h3-11H,12-16H2,1-2H3,(H,21,23). The van der Waals surface area contributed by atoms with Gasteiger partial charge in [0.25, 0.3) is 0 Å². The van der Waals surface area contributed by atoms with Gasteiger partial charge in [0.1, 0.15) is 5.75 Å². The van der Waals surface area contributed by atoms with Crippen LogP contribution in [-0.2, 0) is 17.1 Å². The lowest BCUT2D eigenvalue weighted by Gasteiger charge is -2.16. The minimum absolute atomic E-state index is 0.0660. The monoisotopic (exact) mass is 358 g/mol. The molecule has 25 heavy (non-hydrogen) atoms. The van der Waals surface area contributed by atoms with E-state index in [1.807, 2.05) is 54.0 Å². The van der Waals surface area contributed by atoms with Gasteiger partial charge in [-0.2, -0.15) is 11.8 Å². The molecule has 1 amide bonds. The maximum atomic E-state index is 12.0. The number of carbonyl (C=O) groups is 1. The van der Waals surface area contributed by atoms with Gasteiger partial charge in [0, 0.05) is 24.6 Å². The molecule has 0 saturated carbocycles. The van der Waals surface area contributed by atoms with Gasteiger partial charge in [-0.15, -0.1) is 0 Å². The number of nitrogens with zero attached hydrogens (tertiary/aromatic N) is 1. The lowest BCUT2D eigenvalue weighted by Crippen LogP contribution is -2.35. The Labute approximate surface area is 154 Å². The first-order chi connectivity index (χ1) is 12.2. The van der Waals surface area contributed by atoms with Crippen LogP contribution in [0.25, 0.3) is 0 Å². The topological polar surface area (TPSA) is 41.6 Å². The lowest BCUT2D eigenvalue weighted by atomic mass is 10.2. The summed E-state index contributed by atoms with van der Waals surface area (Å²) in [5.74, 6) is 2.81. The van der Waals surface area contributed by atoms with Gasteiger partial charge in [-0.1, -0.05) is 42.5 Å². The number of nitrogens with one attached hydrogen (secondary N) is 1. The highest BCUT2D eigenvalue weighted by Gasteiger charge is 2.07. The molecule has 0 heterocycles. The van der Waals surface area contributed by atoms with Crippen molar-refractivity contribution in [3.63, 3.8) is 0 Å². The van der Waals surface area contributed by atoms with E-state index >= 15 is 0 Å². The molecule has 0 aliphatic heterocycles. The van der Waals surface area contributed by atoms with Crippen molar-refractivity contribution >= 4 is 17.7 Å². The highest BCUT2D eigenvalue weighted by molar-refractivity contribution is 7.98. The van der Waals surface area contributed by atoms with Gasteiger partial charge < -0.3 is 10.1 Å². The molecule has 0 radical (unpaired) electrons. The minimum atomic E-state index is 0.0660. The number of benzene rings is 2. The molecule has 5 heteroatoms. The molecule has 2 aromatic carbocycles. The zero-order chi connectivity index (χ0) is 17.9. The average Bonchev–Trinajstić information content (AvgIpc) is 2.63. The largest absolute Gasteiger partial charge is 0.497 e. The number of likely N-dealkylation sites (N-methyl/N-ethyl adjacent to an activating group) is 1. The third-order valence-electron chi connectivity index (χ3n) is 3.71. The van der Waals surface area contributed by atoms with Crippen molar-refractivity contribution in [1.82, 2.24) is 10.2 Å². The summed E-state index contributed by atoms with van der Waals surface area (Å²) in [7, 11) is 3.61. The van der Waals surface area contributed by atoms with Crippen molar-refractivity contribution in [2.24, 2.45) is 0 Å². The molecule has 0 spiro atoms. The molecule has 0 atom stereocenters. The zero-order valence-electron chi connectivity index (χ0n) is 14.9. The van der Waals surface area contributed by atoms with Crippen LogP contribution in [0.5, 0.6) is 5.75 Å². The number of thioether (sulfide) groups is 1. The molecule has 0 aromatic heterocycles. The maximum Gasteiger partial charge on any atom is 0.234 e. The van der Waals surface area contributed by atoms with Crippen LogP contribution < -0.4 is 10.1 Å². The summed E-state index contributed by atoms with van der Waals surface area (Å²) in [5.41, 5.74) is 2.48. The van der Waals surface area contributed by atoms with E-state index in [2.05, 4.69) is 29.6 Å². The predicted molar refractivity (Wildman–Crippen MR) is 105 cm³/mol. The summed E-state index contributed by atoms with van der Waals surface area (Å²) in [6.07, 6.45) is 0. The van der Waals surface area contributed by atoms with Crippen LogP contribution in [0, 0.1) is 0 Å². The van der Waals surface area contributed by atoms with Gasteiger partial charge in [0.15, 0.2) is 0 Å². The molecule has 0 bridgehead atoms. The van der Waals surface area contributed by atoms with Crippen molar-refractivity contribution < 1.29 is 9.53 Å². The molecular formula is C20H26N2O2S. The number of rotatable bonds is 10. The Hall–Kier alpha value is -1.98. The van der Waals surface area contributed by atoms with E-state index in [0.717, 1.165) is 29.4 Å². The van der Waals surface area contributed by atoms with E-state index in [0.29, 0.717) is 13.1 Å². The number of methoxy groups -OCH3 is 1. The van der Waals surface area contributed by atoms with Crippen molar-refractivity contribution in [3.05, 3.63) is 65.7 Å². The molecule has 2 rings (SSSR count). The quantitative estimate of drug-likeness (QED) is 0.663. The Balaban J connectivity index is 1.59. The van der Waals surface area contributed by atoms with Crippen LogP contribution in [0.15, 0.2) is 54.6 Å². The fourth-order valence-electron chi connectivity index (χ4n) is 2.43. The van der Waals surface area contributed by atoms with Crippen LogP contribution in [0.2, 0.25) is 0 Å². The highest BCUT2D eigenvalue weighted by atomic mass is 32.2. The van der Waals surface area contributed by atoms with Crippen LogP contribution in [0.3, 0.4) is 0 Å². The summed E-state index contributed by atoms with van der Waals surface area (Å²) in [6, 6.07) is 18.3. The van der Waals surface area contributed by atoms with E-state index in [9.17, 15) is 4.79 Å². The Morgan fingerprint density at radius 3 is 2.48 bits per heavy atom. The van der Waals surface area contributed by atoms with E-state index in [4.69, 9.17) is 4.74 Å². The third kappa shape index (κ3) is 7.63. The predicted octanol–water partition coefficient (Wildman–Crippen LogP) is 3.18. The smallest absolute Gasteiger partial charge is 0.234 e. The summed E-state index contributed by atoms with van der Waals surface area (Å²) < 4.78 is 5.15. The Morgan fingerprint density at radius 1 is 1.08 bits per heavy atom. The summed E-state index contributed by atoms with van der Waals surface area (Å²) >= 11 is 1.83. The van der Waals surface area contributed by atoms with Crippen LogP contribution >= 0.6 is 11.8 Å². The summed E-state index contributed by atoms with van der Waals surface area (Å²) in [6.45, 7) is 1.84. The van der Waals surface area contributed by atoms with Gasteiger partial charge >= 0.3 is 0 Å². The number of ether oxygens (including phenoxy) is 1. The lowest BCUT2D eigenvalue weighted by molar-refractivity contribution is -0.121. The van der Waals surface area contributed by atoms with Crippen molar-refractivity contribution in [2.45, 2.75) is 12.3 Å². The van der Waals surface area contributed by atoms with E-state index in [1.54, 1.807) is 7.11 Å². The Morgan fingerprint density at radius 2 is 1.80 bits per heavy atom. The zero-order valence-corrected chi connectivity index (χ0v) is 15.7. The Bertz CT molecular complexity index is 632. The van der Waals surface area contributed by atoms with Gasteiger partial charge in [0.05, 0.1) is 13.7 Å². The molecule has 0 aliphatic carbocycles. The van der Waals surface area contributed by atoms with Crippen molar-refractivity contribution in [3.8, 4) is 5.75 Å². The van der Waals surface area contributed by atoms with Gasteiger partial charge in [-0.25, -0.2) is 0 Å². The van der Waals surface area contributed by atoms with Crippen molar-refractivity contribution in [2.75, 3.05) is 33.0 Å². The van der Waals surface area contributed by atoms with Crippen LogP contribution in [-0.4, -0.2) is 43.8 Å². The molecule has 0 fully saturated rings. The number of hydrogen-bond acceptors (Lipinski definition) is 4. The van der Waals surface area contributed by atoms with Gasteiger partial charge in [0.2, 0.25) is 5.91 Å². The van der Waals surface area contributed by atoms with Crippen molar-refractivity contribution in [1.29, 1.82) is 0 Å². The molecule has 0 unspecified atom stereocenters.